The van der Waals surface area contributed by atoms with Crippen LogP contribution in [0.2, 0.25) is 0 Å². The highest BCUT2D eigenvalue weighted by atomic mass is 32.2. The second kappa shape index (κ2) is 6.36. The van der Waals surface area contributed by atoms with Crippen LogP contribution in [0.3, 0.4) is 0 Å². The summed E-state index contributed by atoms with van der Waals surface area (Å²) in [5.74, 6) is -1.27. The molecule has 2 atom stereocenters. The summed E-state index contributed by atoms with van der Waals surface area (Å²) in [6.07, 6.45) is -4.85. The van der Waals surface area contributed by atoms with E-state index in [0.717, 1.165) is 18.2 Å². The molecule has 1 saturated heterocycles. The van der Waals surface area contributed by atoms with E-state index in [9.17, 15) is 31.5 Å². The van der Waals surface area contributed by atoms with Gasteiger partial charge in [-0.25, -0.2) is 13.2 Å². The smallest absolute Gasteiger partial charge is 0.416 e. The van der Waals surface area contributed by atoms with Crippen molar-refractivity contribution >= 4 is 15.8 Å². The molecule has 1 aliphatic heterocycles. The first-order chi connectivity index (χ1) is 11.0. The molecular weight excluding hydrogens is 349 g/mol. The number of aliphatic carboxylic acids is 1. The first-order valence-corrected chi connectivity index (χ1v) is 8.86. The van der Waals surface area contributed by atoms with E-state index < -0.39 is 43.3 Å². The minimum Gasteiger partial charge on any atom is -0.479 e. The lowest BCUT2D eigenvalue weighted by molar-refractivity contribution is -0.172. The number of benzene rings is 1. The van der Waals surface area contributed by atoms with Gasteiger partial charge >= 0.3 is 12.1 Å². The Bertz CT molecular complexity index is 729. The van der Waals surface area contributed by atoms with E-state index in [0.29, 0.717) is 6.07 Å². The maximum atomic E-state index is 12.8. The van der Waals surface area contributed by atoms with Crippen LogP contribution in [0.15, 0.2) is 29.2 Å². The molecule has 0 spiro atoms. The maximum Gasteiger partial charge on any atom is 0.416 e. The van der Waals surface area contributed by atoms with Crippen LogP contribution in [-0.2, 0) is 25.5 Å². The lowest BCUT2D eigenvalue weighted by Gasteiger charge is -2.36. The third-order valence-electron chi connectivity index (χ3n) is 4.27. The van der Waals surface area contributed by atoms with E-state index in [1.165, 1.54) is 0 Å². The predicted molar refractivity (Wildman–Crippen MR) is 78.3 cm³/mol. The first kappa shape index (κ1) is 18.7. The van der Waals surface area contributed by atoms with Gasteiger partial charge in [0.2, 0.25) is 0 Å². The fourth-order valence-electron chi connectivity index (χ4n) is 2.77. The van der Waals surface area contributed by atoms with Gasteiger partial charge in [0, 0.05) is 13.0 Å². The molecule has 2 unspecified atom stereocenters. The van der Waals surface area contributed by atoms with Crippen LogP contribution in [0.25, 0.3) is 0 Å². The van der Waals surface area contributed by atoms with Crippen molar-refractivity contribution in [3.63, 3.8) is 0 Å². The molecule has 1 aromatic carbocycles. The lowest BCUT2D eigenvalue weighted by atomic mass is 9.91. The lowest BCUT2D eigenvalue weighted by Crippen LogP contribution is -2.49. The van der Waals surface area contributed by atoms with Gasteiger partial charge in [0.25, 0.3) is 0 Å². The van der Waals surface area contributed by atoms with Crippen LogP contribution in [0.5, 0.6) is 0 Å². The number of rotatable bonds is 4. The summed E-state index contributed by atoms with van der Waals surface area (Å²) in [4.78, 5) is 11.0. The zero-order valence-corrected chi connectivity index (χ0v) is 13.7. The molecule has 134 valence electrons. The number of carbonyl (C=O) groups is 1. The summed E-state index contributed by atoms with van der Waals surface area (Å²) in [5, 5.41) is 8.22. The largest absolute Gasteiger partial charge is 0.479 e. The van der Waals surface area contributed by atoms with Crippen LogP contribution >= 0.6 is 0 Å². The second-order valence-corrected chi connectivity index (χ2v) is 7.91. The number of halogens is 3. The minimum absolute atomic E-state index is 0.0353. The Morgan fingerprint density at radius 1 is 1.42 bits per heavy atom. The number of ether oxygens (including phenoxy) is 1. The van der Waals surface area contributed by atoms with E-state index in [1.807, 2.05) is 0 Å². The van der Waals surface area contributed by atoms with E-state index in [2.05, 4.69) is 0 Å². The maximum absolute atomic E-state index is 12.8. The van der Waals surface area contributed by atoms with E-state index in [-0.39, 0.29) is 25.9 Å². The number of hydrogen-bond acceptors (Lipinski definition) is 4. The zero-order chi connectivity index (χ0) is 18.2. The van der Waals surface area contributed by atoms with Crippen molar-refractivity contribution in [2.45, 2.75) is 48.1 Å². The summed E-state index contributed by atoms with van der Waals surface area (Å²) in [7, 11) is -4.10. The highest BCUT2D eigenvalue weighted by Crippen LogP contribution is 2.36. The van der Waals surface area contributed by atoms with Crippen molar-refractivity contribution in [1.29, 1.82) is 0 Å². The molecule has 0 radical (unpaired) electrons. The highest BCUT2D eigenvalue weighted by Gasteiger charge is 2.47. The average Bonchev–Trinajstić information content (AvgIpc) is 2.54. The number of hydrogen-bond donors (Lipinski definition) is 1. The molecule has 9 heteroatoms. The third kappa shape index (κ3) is 3.41. The van der Waals surface area contributed by atoms with E-state index in [1.54, 1.807) is 6.92 Å². The molecule has 1 N–H and O–H groups in total. The van der Waals surface area contributed by atoms with Crippen LogP contribution in [0.4, 0.5) is 13.2 Å². The van der Waals surface area contributed by atoms with Crippen molar-refractivity contribution in [3.8, 4) is 0 Å². The number of carboxylic acid groups (broad SMARTS) is 1. The number of alkyl halides is 3. The topological polar surface area (TPSA) is 80.7 Å². The molecular formula is C15H17F3O5S. The van der Waals surface area contributed by atoms with Crippen LogP contribution in [0.1, 0.15) is 31.7 Å². The second-order valence-electron chi connectivity index (χ2n) is 5.69. The molecule has 0 aliphatic carbocycles. The van der Waals surface area contributed by atoms with Crippen molar-refractivity contribution in [2.75, 3.05) is 6.61 Å². The van der Waals surface area contributed by atoms with Crippen molar-refractivity contribution in [3.05, 3.63) is 29.8 Å². The average molecular weight is 366 g/mol. The van der Waals surface area contributed by atoms with Gasteiger partial charge in [-0.05, 0) is 31.0 Å². The minimum atomic E-state index is -4.66. The van der Waals surface area contributed by atoms with E-state index >= 15 is 0 Å². The van der Waals surface area contributed by atoms with Gasteiger partial charge in [0.1, 0.15) is 0 Å². The standard InChI is InChI=1S/C15H17F3O5S/c1-2-14(13(19)20)9-12(6-7-23-14)24(21,22)11-5-3-4-10(8-11)15(16,17)18/h3-5,8,12H,2,6-7,9H2,1H3,(H,19,20). The number of sulfone groups is 1. The fraction of sp³-hybridized carbons (Fsp3) is 0.533. The third-order valence-corrected chi connectivity index (χ3v) is 6.46. The van der Waals surface area contributed by atoms with Crippen molar-refractivity contribution in [1.82, 2.24) is 0 Å². The normalized spacial score (nSPS) is 25.4. The summed E-state index contributed by atoms with van der Waals surface area (Å²) in [5.41, 5.74) is -2.69. The summed E-state index contributed by atoms with van der Waals surface area (Å²) >= 11 is 0. The molecule has 24 heavy (non-hydrogen) atoms. The molecule has 1 heterocycles. The van der Waals surface area contributed by atoms with Crippen molar-refractivity contribution < 1.29 is 36.2 Å². The van der Waals surface area contributed by atoms with Crippen LogP contribution in [-0.4, -0.2) is 37.0 Å². The SMILES string of the molecule is CCC1(C(=O)O)CC(S(=O)(=O)c2cccc(C(F)(F)F)c2)CCO1. The highest BCUT2D eigenvalue weighted by molar-refractivity contribution is 7.92. The monoisotopic (exact) mass is 366 g/mol. The van der Waals surface area contributed by atoms with Gasteiger partial charge in [0.05, 0.1) is 15.7 Å². The van der Waals surface area contributed by atoms with Gasteiger partial charge in [0.15, 0.2) is 15.4 Å². The summed E-state index contributed by atoms with van der Waals surface area (Å²) in [6, 6.07) is 3.49. The van der Waals surface area contributed by atoms with E-state index in [4.69, 9.17) is 4.74 Å². The molecule has 1 aromatic rings. The zero-order valence-electron chi connectivity index (χ0n) is 12.8. The Labute approximate surface area is 137 Å². The molecule has 0 amide bonds. The fourth-order valence-corrected chi connectivity index (χ4v) is 4.61. The van der Waals surface area contributed by atoms with Crippen LogP contribution in [0, 0.1) is 0 Å². The summed E-state index contributed by atoms with van der Waals surface area (Å²) in [6.45, 7) is 1.48. The molecule has 0 saturated carbocycles. The van der Waals surface area contributed by atoms with Gasteiger partial charge in [-0.15, -0.1) is 0 Å². The summed E-state index contributed by atoms with van der Waals surface area (Å²) < 4.78 is 69.0. The van der Waals surface area contributed by atoms with Gasteiger partial charge in [-0.3, -0.25) is 0 Å². The van der Waals surface area contributed by atoms with Crippen LogP contribution < -0.4 is 0 Å². The molecule has 1 aliphatic rings. The molecule has 2 rings (SSSR count). The quantitative estimate of drug-likeness (QED) is 0.886. The Morgan fingerprint density at radius 3 is 2.62 bits per heavy atom. The van der Waals surface area contributed by atoms with Gasteiger partial charge in [-0.2, -0.15) is 13.2 Å². The molecule has 0 aromatic heterocycles. The Morgan fingerprint density at radius 2 is 2.08 bits per heavy atom. The predicted octanol–water partition coefficient (Wildman–Crippen LogP) is 2.89. The number of carboxylic acids is 1. The Hall–Kier alpha value is -1.61. The Kier molecular flexibility index (Phi) is 4.96. The Balaban J connectivity index is 2.39. The first-order valence-electron chi connectivity index (χ1n) is 7.31. The van der Waals surface area contributed by atoms with Crippen molar-refractivity contribution in [2.24, 2.45) is 0 Å². The van der Waals surface area contributed by atoms with Gasteiger partial charge in [-0.1, -0.05) is 13.0 Å². The molecule has 5 nitrogen and oxygen atoms in total. The van der Waals surface area contributed by atoms with Gasteiger partial charge < -0.3 is 9.84 Å². The molecule has 0 bridgehead atoms. The molecule has 1 fully saturated rings.